The molecule has 2 fully saturated rings. The highest BCUT2D eigenvalue weighted by molar-refractivity contribution is 7.89. The van der Waals surface area contributed by atoms with Gasteiger partial charge in [0.25, 0.3) is 0 Å². The van der Waals surface area contributed by atoms with Crippen LogP contribution in [0.5, 0.6) is 0 Å². The van der Waals surface area contributed by atoms with Gasteiger partial charge in [-0.25, -0.2) is 8.42 Å². The van der Waals surface area contributed by atoms with Crippen molar-refractivity contribution in [3.8, 4) is 0 Å². The first-order chi connectivity index (χ1) is 13.4. The van der Waals surface area contributed by atoms with E-state index in [0.29, 0.717) is 30.7 Å². The fourth-order valence-corrected chi connectivity index (χ4v) is 5.76. The number of sulfonamides is 1. The SMILES string of the molecule is CC(NC1CCCCC1C)C(=O)Nc1cccc(S(=O)(=O)N2CCCCC2)c1. The number of hydrogen-bond acceptors (Lipinski definition) is 4. The highest BCUT2D eigenvalue weighted by atomic mass is 32.2. The Kier molecular flexibility index (Phi) is 7.12. The molecular weight excluding hydrogens is 374 g/mol. The highest BCUT2D eigenvalue weighted by Crippen LogP contribution is 2.25. The molecule has 1 amide bonds. The summed E-state index contributed by atoms with van der Waals surface area (Å²) in [5, 5.41) is 6.32. The average molecular weight is 408 g/mol. The predicted octanol–water partition coefficient (Wildman–Crippen LogP) is 3.36. The third-order valence-electron chi connectivity index (χ3n) is 6.02. The van der Waals surface area contributed by atoms with Gasteiger partial charge in [0.15, 0.2) is 0 Å². The number of nitrogens with one attached hydrogen (secondary N) is 2. The molecule has 1 saturated heterocycles. The third-order valence-corrected chi connectivity index (χ3v) is 7.92. The van der Waals surface area contributed by atoms with E-state index in [-0.39, 0.29) is 16.8 Å². The molecular formula is C21H33N3O3S. The van der Waals surface area contributed by atoms with Gasteiger partial charge in [-0.15, -0.1) is 0 Å². The molecule has 0 spiro atoms. The first kappa shape index (κ1) is 21.3. The zero-order valence-electron chi connectivity index (χ0n) is 17.0. The van der Waals surface area contributed by atoms with Crippen LogP contribution in [0.25, 0.3) is 0 Å². The van der Waals surface area contributed by atoms with E-state index in [9.17, 15) is 13.2 Å². The molecule has 2 N–H and O–H groups in total. The summed E-state index contributed by atoms with van der Waals surface area (Å²) in [7, 11) is -3.50. The van der Waals surface area contributed by atoms with Crippen LogP contribution in [0.3, 0.4) is 0 Å². The van der Waals surface area contributed by atoms with Gasteiger partial charge >= 0.3 is 0 Å². The smallest absolute Gasteiger partial charge is 0.243 e. The zero-order chi connectivity index (χ0) is 20.1. The van der Waals surface area contributed by atoms with Crippen molar-refractivity contribution in [2.24, 2.45) is 5.92 Å². The van der Waals surface area contributed by atoms with Crippen molar-refractivity contribution < 1.29 is 13.2 Å². The van der Waals surface area contributed by atoms with Crippen LogP contribution in [0, 0.1) is 5.92 Å². The Hall–Kier alpha value is -1.44. The van der Waals surface area contributed by atoms with Crippen LogP contribution in [0.1, 0.15) is 58.8 Å². The zero-order valence-corrected chi connectivity index (χ0v) is 17.8. The molecule has 1 aliphatic heterocycles. The summed E-state index contributed by atoms with van der Waals surface area (Å²) in [5.74, 6) is 0.437. The van der Waals surface area contributed by atoms with E-state index >= 15 is 0 Å². The lowest BCUT2D eigenvalue weighted by atomic mass is 9.85. The van der Waals surface area contributed by atoms with Crippen molar-refractivity contribution in [3.05, 3.63) is 24.3 Å². The maximum Gasteiger partial charge on any atom is 0.243 e. The van der Waals surface area contributed by atoms with Crippen molar-refractivity contribution in [2.45, 2.75) is 75.8 Å². The van der Waals surface area contributed by atoms with Gasteiger partial charge in [-0.05, 0) is 56.7 Å². The summed E-state index contributed by atoms with van der Waals surface area (Å²) < 4.78 is 27.3. The van der Waals surface area contributed by atoms with Crippen LogP contribution in [-0.4, -0.2) is 43.8 Å². The number of piperidine rings is 1. The van der Waals surface area contributed by atoms with E-state index in [4.69, 9.17) is 0 Å². The molecule has 1 aliphatic carbocycles. The number of carbonyl (C=O) groups is 1. The normalized spacial score (nSPS) is 25.2. The summed E-state index contributed by atoms with van der Waals surface area (Å²) in [6, 6.07) is 6.63. The number of anilines is 1. The van der Waals surface area contributed by atoms with Gasteiger partial charge in [0.05, 0.1) is 10.9 Å². The van der Waals surface area contributed by atoms with Crippen LogP contribution in [-0.2, 0) is 14.8 Å². The van der Waals surface area contributed by atoms with Crippen molar-refractivity contribution in [1.29, 1.82) is 0 Å². The van der Waals surface area contributed by atoms with Crippen molar-refractivity contribution >= 4 is 21.6 Å². The van der Waals surface area contributed by atoms with Crippen LogP contribution in [0.4, 0.5) is 5.69 Å². The van der Waals surface area contributed by atoms with Gasteiger partial charge in [-0.1, -0.05) is 32.3 Å². The first-order valence-electron chi connectivity index (χ1n) is 10.5. The number of amides is 1. The van der Waals surface area contributed by atoms with Crippen molar-refractivity contribution in [2.75, 3.05) is 18.4 Å². The monoisotopic (exact) mass is 407 g/mol. The molecule has 0 aromatic heterocycles. The van der Waals surface area contributed by atoms with Gasteiger partial charge in [0, 0.05) is 24.8 Å². The van der Waals surface area contributed by atoms with Gasteiger partial charge in [-0.3, -0.25) is 4.79 Å². The van der Waals surface area contributed by atoms with E-state index in [0.717, 1.165) is 25.7 Å². The van der Waals surface area contributed by atoms with Crippen LogP contribution in [0.2, 0.25) is 0 Å². The van der Waals surface area contributed by atoms with Gasteiger partial charge < -0.3 is 10.6 Å². The minimum atomic E-state index is -3.50. The lowest BCUT2D eigenvalue weighted by Crippen LogP contribution is -2.47. The van der Waals surface area contributed by atoms with Gasteiger partial charge in [0.1, 0.15) is 0 Å². The number of hydrogen-bond donors (Lipinski definition) is 2. The van der Waals surface area contributed by atoms with E-state index in [1.54, 1.807) is 28.6 Å². The summed E-state index contributed by atoms with van der Waals surface area (Å²) in [6.45, 7) is 5.24. The standard InChI is InChI=1S/C21H33N3O3S/c1-16-9-4-5-12-20(16)22-17(2)21(25)23-18-10-8-11-19(15-18)28(26,27)24-13-6-3-7-14-24/h8,10-11,15-17,20,22H,3-7,9,12-14H2,1-2H3,(H,23,25). The molecule has 3 unspecified atom stereocenters. The summed E-state index contributed by atoms with van der Waals surface area (Å²) in [4.78, 5) is 12.9. The molecule has 2 aliphatic rings. The quantitative estimate of drug-likeness (QED) is 0.758. The molecule has 1 saturated carbocycles. The third kappa shape index (κ3) is 5.13. The number of rotatable bonds is 6. The second-order valence-electron chi connectivity index (χ2n) is 8.24. The highest BCUT2D eigenvalue weighted by Gasteiger charge is 2.27. The molecule has 1 aromatic carbocycles. The van der Waals surface area contributed by atoms with Crippen LogP contribution >= 0.6 is 0 Å². The molecule has 156 valence electrons. The number of nitrogens with zero attached hydrogens (tertiary/aromatic N) is 1. The minimum Gasteiger partial charge on any atom is -0.325 e. The Balaban J connectivity index is 1.64. The van der Waals surface area contributed by atoms with Crippen LogP contribution < -0.4 is 10.6 Å². The number of benzene rings is 1. The first-order valence-corrected chi connectivity index (χ1v) is 12.0. The fraction of sp³-hybridized carbons (Fsp3) is 0.667. The minimum absolute atomic E-state index is 0.134. The molecule has 7 heteroatoms. The van der Waals surface area contributed by atoms with Crippen LogP contribution in [0.15, 0.2) is 29.2 Å². The Morgan fingerprint density at radius 1 is 1.11 bits per heavy atom. The van der Waals surface area contributed by atoms with E-state index < -0.39 is 10.0 Å². The van der Waals surface area contributed by atoms with Gasteiger partial charge in [0.2, 0.25) is 15.9 Å². The Morgan fingerprint density at radius 3 is 2.54 bits per heavy atom. The number of carbonyl (C=O) groups excluding carboxylic acids is 1. The maximum absolute atomic E-state index is 12.9. The molecule has 0 radical (unpaired) electrons. The predicted molar refractivity (Wildman–Crippen MR) is 112 cm³/mol. The topological polar surface area (TPSA) is 78.5 Å². The largest absolute Gasteiger partial charge is 0.325 e. The van der Waals surface area contributed by atoms with Gasteiger partial charge in [-0.2, -0.15) is 4.31 Å². The fourth-order valence-electron chi connectivity index (χ4n) is 4.20. The second kappa shape index (κ2) is 9.37. The molecule has 1 aromatic rings. The summed E-state index contributed by atoms with van der Waals surface area (Å²) >= 11 is 0. The van der Waals surface area contributed by atoms with E-state index in [1.807, 2.05) is 6.92 Å². The molecule has 3 rings (SSSR count). The summed E-state index contributed by atoms with van der Waals surface area (Å²) in [6.07, 6.45) is 7.64. The lowest BCUT2D eigenvalue weighted by Gasteiger charge is -2.31. The lowest BCUT2D eigenvalue weighted by molar-refractivity contribution is -0.118. The molecule has 3 atom stereocenters. The second-order valence-corrected chi connectivity index (χ2v) is 10.2. The molecule has 1 heterocycles. The maximum atomic E-state index is 12.9. The molecule has 0 bridgehead atoms. The average Bonchev–Trinajstić information content (AvgIpc) is 2.70. The summed E-state index contributed by atoms with van der Waals surface area (Å²) in [5.41, 5.74) is 0.522. The Bertz CT molecular complexity index is 775. The molecule has 28 heavy (non-hydrogen) atoms. The van der Waals surface area contributed by atoms with E-state index in [2.05, 4.69) is 17.6 Å². The Labute approximate surface area is 169 Å². The van der Waals surface area contributed by atoms with E-state index in [1.165, 1.54) is 19.3 Å². The van der Waals surface area contributed by atoms with Crippen molar-refractivity contribution in [1.82, 2.24) is 9.62 Å². The molecule has 6 nitrogen and oxygen atoms in total. The van der Waals surface area contributed by atoms with Crippen molar-refractivity contribution in [3.63, 3.8) is 0 Å². The Morgan fingerprint density at radius 2 is 1.82 bits per heavy atom.